The van der Waals surface area contributed by atoms with Crippen LogP contribution in [0.15, 0.2) is 112 Å². The predicted molar refractivity (Wildman–Crippen MR) is 123 cm³/mol. The molecule has 0 spiro atoms. The molecule has 5 heteroatoms. The summed E-state index contributed by atoms with van der Waals surface area (Å²) in [6.45, 7) is 0. The van der Waals surface area contributed by atoms with Gasteiger partial charge in [0.15, 0.2) is 0 Å². The second-order valence-corrected chi connectivity index (χ2v) is 8.34. The maximum Gasteiger partial charge on any atom is 0.0858 e. The summed E-state index contributed by atoms with van der Waals surface area (Å²) in [7, 11) is 0. The number of azo groups is 1. The van der Waals surface area contributed by atoms with E-state index in [-0.39, 0.29) is 0 Å². The van der Waals surface area contributed by atoms with E-state index in [0.29, 0.717) is 0 Å². The summed E-state index contributed by atoms with van der Waals surface area (Å²) >= 11 is 3.51. The first-order valence-corrected chi connectivity index (χ1v) is 11.0. The van der Waals surface area contributed by atoms with Crippen molar-refractivity contribution in [2.24, 2.45) is 10.2 Å². The number of aromatic nitrogens is 1. The third-order valence-electron chi connectivity index (χ3n) is 4.57. The highest BCUT2D eigenvalue weighted by Gasteiger charge is 2.14. The zero-order chi connectivity index (χ0) is 19.5. The molecule has 0 aliphatic carbocycles. The predicted octanol–water partition coefficient (Wildman–Crippen LogP) is 8.35. The lowest BCUT2D eigenvalue weighted by molar-refractivity contribution is 1.10. The van der Waals surface area contributed by atoms with Crippen molar-refractivity contribution in [1.82, 2.24) is 4.57 Å². The van der Waals surface area contributed by atoms with Gasteiger partial charge in [-0.25, -0.2) is 0 Å². The fraction of sp³-hybridized carbons (Fsp3) is 0. The number of thiophene rings is 2. The number of hydrogen-bond acceptors (Lipinski definition) is 4. The summed E-state index contributed by atoms with van der Waals surface area (Å²) in [6.07, 6.45) is 0. The minimum atomic E-state index is 0.833. The van der Waals surface area contributed by atoms with E-state index in [4.69, 9.17) is 0 Å². The third-order valence-corrected chi connectivity index (χ3v) is 6.36. The van der Waals surface area contributed by atoms with Gasteiger partial charge < -0.3 is 4.57 Å². The van der Waals surface area contributed by atoms with Crippen molar-refractivity contribution in [2.45, 2.75) is 0 Å². The summed E-state index contributed by atoms with van der Waals surface area (Å²) in [5, 5.41) is 12.9. The van der Waals surface area contributed by atoms with Gasteiger partial charge in [0.2, 0.25) is 0 Å². The van der Waals surface area contributed by atoms with Crippen LogP contribution >= 0.6 is 22.7 Å². The molecule has 2 aromatic carbocycles. The quantitative estimate of drug-likeness (QED) is 0.260. The molecule has 0 fully saturated rings. The van der Waals surface area contributed by atoms with Crippen molar-refractivity contribution in [3.63, 3.8) is 0 Å². The molecule has 29 heavy (non-hydrogen) atoms. The average Bonchev–Trinajstić information content (AvgIpc) is 3.54. The molecule has 0 N–H and O–H groups in total. The van der Waals surface area contributed by atoms with Gasteiger partial charge in [0.25, 0.3) is 0 Å². The van der Waals surface area contributed by atoms with E-state index >= 15 is 0 Å². The van der Waals surface area contributed by atoms with Gasteiger partial charge in [-0.05, 0) is 71.4 Å². The minimum absolute atomic E-state index is 0.833. The van der Waals surface area contributed by atoms with Crippen LogP contribution in [0.25, 0.3) is 26.8 Å². The van der Waals surface area contributed by atoms with E-state index in [9.17, 15) is 0 Å². The van der Waals surface area contributed by atoms with Gasteiger partial charge in [-0.3, -0.25) is 0 Å². The minimum Gasteiger partial charge on any atom is -0.308 e. The van der Waals surface area contributed by atoms with E-state index in [0.717, 1.165) is 17.1 Å². The van der Waals surface area contributed by atoms with E-state index in [1.165, 1.54) is 21.1 Å². The Morgan fingerprint density at radius 3 is 1.59 bits per heavy atom. The smallest absolute Gasteiger partial charge is 0.0858 e. The van der Waals surface area contributed by atoms with Crippen LogP contribution in [-0.4, -0.2) is 4.57 Å². The van der Waals surface area contributed by atoms with Crippen LogP contribution in [0.4, 0.5) is 11.4 Å². The summed E-state index contributed by atoms with van der Waals surface area (Å²) in [5.74, 6) is 0. The first-order valence-electron chi connectivity index (χ1n) is 9.25. The molecule has 0 saturated carbocycles. The zero-order valence-corrected chi connectivity index (χ0v) is 17.1. The van der Waals surface area contributed by atoms with Crippen molar-refractivity contribution < 1.29 is 0 Å². The molecule has 5 rings (SSSR count). The van der Waals surface area contributed by atoms with Crippen LogP contribution in [0.1, 0.15) is 0 Å². The lowest BCUT2D eigenvalue weighted by Crippen LogP contribution is -1.97. The highest BCUT2D eigenvalue weighted by Crippen LogP contribution is 2.36. The van der Waals surface area contributed by atoms with Gasteiger partial charge in [-0.15, -0.1) is 22.7 Å². The molecule has 140 valence electrons. The second kappa shape index (κ2) is 7.99. The monoisotopic (exact) mass is 411 g/mol. The number of nitrogens with zero attached hydrogens (tertiary/aromatic N) is 3. The van der Waals surface area contributed by atoms with Crippen LogP contribution in [0.2, 0.25) is 0 Å². The molecular formula is C24H17N3S2. The summed E-state index contributed by atoms with van der Waals surface area (Å²) in [4.78, 5) is 2.50. The van der Waals surface area contributed by atoms with Crippen molar-refractivity contribution in [3.8, 4) is 26.8 Å². The fourth-order valence-electron chi connectivity index (χ4n) is 3.23. The zero-order valence-electron chi connectivity index (χ0n) is 15.5. The fourth-order valence-corrected chi connectivity index (χ4v) is 4.71. The van der Waals surface area contributed by atoms with Crippen LogP contribution in [0.5, 0.6) is 0 Å². The molecule has 0 radical (unpaired) electrons. The third kappa shape index (κ3) is 3.70. The molecule has 0 aliphatic heterocycles. The van der Waals surface area contributed by atoms with Crippen LogP contribution in [0.3, 0.4) is 0 Å². The average molecular weight is 412 g/mol. The molecular weight excluding hydrogens is 394 g/mol. The van der Waals surface area contributed by atoms with Gasteiger partial charge in [-0.2, -0.15) is 10.2 Å². The summed E-state index contributed by atoms with van der Waals surface area (Å²) in [5.41, 5.74) is 5.19. The Kier molecular flexibility index (Phi) is 4.90. The van der Waals surface area contributed by atoms with Gasteiger partial charge >= 0.3 is 0 Å². The maximum absolute atomic E-state index is 4.36. The summed E-state index contributed by atoms with van der Waals surface area (Å²) < 4.78 is 2.32. The Hall–Kier alpha value is -3.28. The Morgan fingerprint density at radius 2 is 1.07 bits per heavy atom. The molecule has 0 atom stereocenters. The Labute approximate surface area is 177 Å². The molecule has 3 heterocycles. The largest absolute Gasteiger partial charge is 0.308 e. The normalized spacial score (nSPS) is 11.3. The van der Waals surface area contributed by atoms with Gasteiger partial charge in [0.05, 0.1) is 32.5 Å². The second-order valence-electron chi connectivity index (χ2n) is 6.45. The number of benzene rings is 2. The summed E-state index contributed by atoms with van der Waals surface area (Å²) in [6, 6.07) is 30.9. The molecule has 0 saturated heterocycles. The Bertz CT molecular complexity index is 1170. The van der Waals surface area contributed by atoms with E-state index in [2.05, 4.69) is 74.1 Å². The topological polar surface area (TPSA) is 29.6 Å². The first kappa shape index (κ1) is 17.8. The first-order chi connectivity index (χ1) is 14.4. The molecule has 0 unspecified atom stereocenters. The molecule has 0 aliphatic rings. The van der Waals surface area contributed by atoms with Crippen LogP contribution in [-0.2, 0) is 0 Å². The van der Waals surface area contributed by atoms with Gasteiger partial charge in [-0.1, -0.05) is 30.3 Å². The lowest BCUT2D eigenvalue weighted by atomic mass is 10.2. The van der Waals surface area contributed by atoms with Crippen molar-refractivity contribution in [3.05, 3.63) is 102 Å². The SMILES string of the molecule is c1ccc(N=Nc2ccc(-n3c(-c4cccs4)ccc3-c3cccs3)cc2)cc1. The van der Waals surface area contributed by atoms with E-state index < -0.39 is 0 Å². The van der Waals surface area contributed by atoms with Crippen molar-refractivity contribution in [2.75, 3.05) is 0 Å². The number of hydrogen-bond donors (Lipinski definition) is 0. The van der Waals surface area contributed by atoms with Crippen molar-refractivity contribution in [1.29, 1.82) is 0 Å². The van der Waals surface area contributed by atoms with Crippen LogP contribution in [0, 0.1) is 0 Å². The van der Waals surface area contributed by atoms with Gasteiger partial charge in [0, 0.05) is 5.69 Å². The molecule has 0 amide bonds. The highest BCUT2D eigenvalue weighted by molar-refractivity contribution is 7.14. The van der Waals surface area contributed by atoms with Crippen LogP contribution < -0.4 is 0 Å². The maximum atomic E-state index is 4.36. The van der Waals surface area contributed by atoms with Gasteiger partial charge in [0.1, 0.15) is 0 Å². The van der Waals surface area contributed by atoms with E-state index in [1.54, 1.807) is 22.7 Å². The molecule has 5 aromatic rings. The number of rotatable bonds is 5. The molecule has 0 bridgehead atoms. The Balaban J connectivity index is 1.53. The van der Waals surface area contributed by atoms with E-state index in [1.807, 2.05) is 42.5 Å². The van der Waals surface area contributed by atoms with Crippen molar-refractivity contribution >= 4 is 34.0 Å². The molecule has 3 aromatic heterocycles. The lowest BCUT2D eigenvalue weighted by Gasteiger charge is -2.12. The standard InChI is InChI=1S/C24H17N3S2/c1-2-6-18(7-3-1)25-26-19-10-12-20(13-11-19)27-21(23-8-4-16-28-23)14-15-22(27)24-9-5-17-29-24/h1-17H. The Morgan fingerprint density at radius 1 is 0.517 bits per heavy atom. The highest BCUT2D eigenvalue weighted by atomic mass is 32.1. The molecule has 3 nitrogen and oxygen atoms in total.